The molecule has 0 amide bonds. The van der Waals surface area contributed by atoms with Gasteiger partial charge >= 0.3 is 0 Å². The van der Waals surface area contributed by atoms with Gasteiger partial charge < -0.3 is 10.1 Å². The molecule has 3 nitrogen and oxygen atoms in total. The number of hydrogen-bond acceptors (Lipinski definition) is 3. The molecule has 4 heteroatoms. The fourth-order valence-corrected chi connectivity index (χ4v) is 2.12. The molecule has 18 heavy (non-hydrogen) atoms. The fraction of sp³-hybridized carbons (Fsp3) is 0.500. The molecular formula is C14H19BrN2O. The quantitative estimate of drug-likeness (QED) is 0.908. The number of benzene rings is 1. The maximum atomic E-state index is 8.80. The molecule has 0 aliphatic heterocycles. The Kier molecular flexibility index (Phi) is 5.18. The SMILES string of the molecule is COc1ccc(Br)cc1C(C)(C)CNC(C)C#N. The second-order valence-electron chi connectivity index (χ2n) is 4.96. The molecule has 0 aliphatic carbocycles. The summed E-state index contributed by atoms with van der Waals surface area (Å²) in [7, 11) is 1.67. The Labute approximate surface area is 117 Å². The molecule has 1 aromatic carbocycles. The molecule has 98 valence electrons. The number of nitrogens with one attached hydrogen (secondary N) is 1. The zero-order chi connectivity index (χ0) is 13.8. The summed E-state index contributed by atoms with van der Waals surface area (Å²) in [6.07, 6.45) is 0. The maximum absolute atomic E-state index is 8.80. The highest BCUT2D eigenvalue weighted by Crippen LogP contribution is 2.33. The summed E-state index contributed by atoms with van der Waals surface area (Å²) in [6, 6.07) is 8.01. The predicted octanol–water partition coefficient (Wildman–Crippen LogP) is 3.24. The van der Waals surface area contributed by atoms with Crippen molar-refractivity contribution >= 4 is 15.9 Å². The van der Waals surface area contributed by atoms with Crippen molar-refractivity contribution in [2.75, 3.05) is 13.7 Å². The average molecular weight is 311 g/mol. The van der Waals surface area contributed by atoms with E-state index in [0.717, 1.165) is 15.8 Å². The van der Waals surface area contributed by atoms with E-state index in [-0.39, 0.29) is 11.5 Å². The Morgan fingerprint density at radius 1 is 1.50 bits per heavy atom. The third-order valence-corrected chi connectivity index (χ3v) is 3.43. The van der Waals surface area contributed by atoms with Crippen LogP contribution in [0.15, 0.2) is 22.7 Å². The van der Waals surface area contributed by atoms with Gasteiger partial charge in [-0.15, -0.1) is 0 Å². The molecule has 0 fully saturated rings. The largest absolute Gasteiger partial charge is 0.496 e. The predicted molar refractivity (Wildman–Crippen MR) is 76.8 cm³/mol. The van der Waals surface area contributed by atoms with Crippen molar-refractivity contribution in [2.45, 2.75) is 32.2 Å². The van der Waals surface area contributed by atoms with Crippen molar-refractivity contribution in [3.05, 3.63) is 28.2 Å². The summed E-state index contributed by atoms with van der Waals surface area (Å²) >= 11 is 3.48. The second-order valence-corrected chi connectivity index (χ2v) is 5.88. The van der Waals surface area contributed by atoms with E-state index in [1.807, 2.05) is 19.1 Å². The van der Waals surface area contributed by atoms with Crippen LogP contribution in [0.1, 0.15) is 26.3 Å². The molecule has 0 aliphatic rings. The minimum absolute atomic E-state index is 0.111. The van der Waals surface area contributed by atoms with Gasteiger partial charge in [-0.1, -0.05) is 29.8 Å². The molecule has 1 aromatic rings. The molecular weight excluding hydrogens is 292 g/mol. The molecule has 0 heterocycles. The Morgan fingerprint density at radius 3 is 2.72 bits per heavy atom. The van der Waals surface area contributed by atoms with Gasteiger partial charge in [0.05, 0.1) is 19.2 Å². The van der Waals surface area contributed by atoms with Gasteiger partial charge in [-0.05, 0) is 25.1 Å². The van der Waals surface area contributed by atoms with Crippen LogP contribution in [-0.2, 0) is 5.41 Å². The van der Waals surface area contributed by atoms with Gasteiger partial charge in [0.15, 0.2) is 0 Å². The fourth-order valence-electron chi connectivity index (χ4n) is 1.76. The van der Waals surface area contributed by atoms with Crippen LogP contribution in [0.25, 0.3) is 0 Å². The Hall–Kier alpha value is -1.05. The normalized spacial score (nSPS) is 12.9. The lowest BCUT2D eigenvalue weighted by Gasteiger charge is -2.28. The minimum Gasteiger partial charge on any atom is -0.496 e. The highest BCUT2D eigenvalue weighted by molar-refractivity contribution is 9.10. The highest BCUT2D eigenvalue weighted by Gasteiger charge is 2.25. The summed E-state index contributed by atoms with van der Waals surface area (Å²) in [6.45, 7) is 6.84. The van der Waals surface area contributed by atoms with E-state index in [9.17, 15) is 0 Å². The first-order valence-corrected chi connectivity index (χ1v) is 6.67. The van der Waals surface area contributed by atoms with Crippen molar-refractivity contribution in [3.63, 3.8) is 0 Å². The van der Waals surface area contributed by atoms with E-state index >= 15 is 0 Å². The van der Waals surface area contributed by atoms with Gasteiger partial charge in [-0.25, -0.2) is 0 Å². The minimum atomic E-state index is -0.151. The van der Waals surface area contributed by atoms with Gasteiger partial charge in [0.1, 0.15) is 5.75 Å². The highest BCUT2D eigenvalue weighted by atomic mass is 79.9. The van der Waals surface area contributed by atoms with Crippen LogP contribution in [0.2, 0.25) is 0 Å². The van der Waals surface area contributed by atoms with E-state index in [0.29, 0.717) is 6.54 Å². The third-order valence-electron chi connectivity index (χ3n) is 2.93. The maximum Gasteiger partial charge on any atom is 0.122 e. The number of rotatable bonds is 5. The van der Waals surface area contributed by atoms with E-state index in [2.05, 4.69) is 47.2 Å². The van der Waals surface area contributed by atoms with E-state index in [4.69, 9.17) is 10.00 Å². The Morgan fingerprint density at radius 2 is 2.17 bits per heavy atom. The average Bonchev–Trinajstić information content (AvgIpc) is 2.36. The van der Waals surface area contributed by atoms with Crippen molar-refractivity contribution < 1.29 is 4.74 Å². The molecule has 1 N–H and O–H groups in total. The number of ether oxygens (including phenoxy) is 1. The van der Waals surface area contributed by atoms with Crippen LogP contribution >= 0.6 is 15.9 Å². The number of nitriles is 1. The van der Waals surface area contributed by atoms with E-state index < -0.39 is 0 Å². The molecule has 0 radical (unpaired) electrons. The molecule has 0 bridgehead atoms. The number of nitrogens with zero attached hydrogens (tertiary/aromatic N) is 1. The molecule has 1 atom stereocenters. The molecule has 0 aromatic heterocycles. The zero-order valence-corrected chi connectivity index (χ0v) is 12.8. The van der Waals surface area contributed by atoms with Crippen LogP contribution in [0.5, 0.6) is 5.75 Å². The Bertz CT molecular complexity index is 452. The summed E-state index contributed by atoms with van der Waals surface area (Å²) in [4.78, 5) is 0. The summed E-state index contributed by atoms with van der Waals surface area (Å²) in [5, 5.41) is 12.0. The van der Waals surface area contributed by atoms with E-state index in [1.165, 1.54) is 0 Å². The lowest BCUT2D eigenvalue weighted by atomic mass is 9.83. The number of hydrogen-bond donors (Lipinski definition) is 1. The molecule has 1 unspecified atom stereocenters. The van der Waals surface area contributed by atoms with Crippen LogP contribution < -0.4 is 10.1 Å². The van der Waals surface area contributed by atoms with E-state index in [1.54, 1.807) is 7.11 Å². The summed E-state index contributed by atoms with van der Waals surface area (Å²) in [5.74, 6) is 0.870. The summed E-state index contributed by atoms with van der Waals surface area (Å²) < 4.78 is 6.43. The second kappa shape index (κ2) is 6.21. The first-order chi connectivity index (χ1) is 8.40. The van der Waals surface area contributed by atoms with Crippen LogP contribution in [0, 0.1) is 11.3 Å². The van der Waals surface area contributed by atoms with Crippen molar-refractivity contribution in [2.24, 2.45) is 0 Å². The van der Waals surface area contributed by atoms with Crippen LogP contribution in [0.3, 0.4) is 0 Å². The monoisotopic (exact) mass is 310 g/mol. The van der Waals surface area contributed by atoms with Gasteiger partial charge in [0.2, 0.25) is 0 Å². The molecule has 0 spiro atoms. The topological polar surface area (TPSA) is 45.0 Å². The first kappa shape index (κ1) is 15.0. The van der Waals surface area contributed by atoms with Crippen molar-refractivity contribution in [1.29, 1.82) is 5.26 Å². The first-order valence-electron chi connectivity index (χ1n) is 5.87. The zero-order valence-electron chi connectivity index (χ0n) is 11.2. The van der Waals surface area contributed by atoms with Crippen molar-refractivity contribution in [1.82, 2.24) is 5.32 Å². The third kappa shape index (κ3) is 3.72. The Balaban J connectivity index is 2.96. The van der Waals surface area contributed by atoms with Crippen LogP contribution in [0.4, 0.5) is 0 Å². The molecule has 1 rings (SSSR count). The number of halogens is 1. The number of methoxy groups -OCH3 is 1. The summed E-state index contributed by atoms with van der Waals surface area (Å²) in [5.41, 5.74) is 1.01. The molecule has 0 saturated heterocycles. The van der Waals surface area contributed by atoms with Crippen molar-refractivity contribution in [3.8, 4) is 11.8 Å². The van der Waals surface area contributed by atoms with Gasteiger partial charge in [-0.2, -0.15) is 5.26 Å². The van der Waals surface area contributed by atoms with Gasteiger partial charge in [0.25, 0.3) is 0 Å². The lowest BCUT2D eigenvalue weighted by Crippen LogP contribution is -2.37. The molecule has 0 saturated carbocycles. The smallest absolute Gasteiger partial charge is 0.122 e. The lowest BCUT2D eigenvalue weighted by molar-refractivity contribution is 0.383. The van der Waals surface area contributed by atoms with Crippen LogP contribution in [-0.4, -0.2) is 19.7 Å². The van der Waals surface area contributed by atoms with Gasteiger partial charge in [-0.3, -0.25) is 0 Å². The van der Waals surface area contributed by atoms with Gasteiger partial charge in [0, 0.05) is 22.0 Å². The standard InChI is InChI=1S/C14H19BrN2O/c1-10(8-16)17-9-14(2,3)12-7-11(15)5-6-13(12)18-4/h5-7,10,17H,9H2,1-4H3.